The first kappa shape index (κ1) is 18.6. The molecule has 2 heterocycles. The number of halogens is 2. The molecule has 0 amide bonds. The Bertz CT molecular complexity index is 510. The summed E-state index contributed by atoms with van der Waals surface area (Å²) in [6, 6.07) is 0.270. The molecule has 2 rings (SSSR count). The second-order valence-electron chi connectivity index (χ2n) is 5.90. The molecule has 0 spiro atoms. The van der Waals surface area contributed by atoms with Crippen molar-refractivity contribution < 1.29 is 8.78 Å². The van der Waals surface area contributed by atoms with E-state index in [0.717, 1.165) is 44.1 Å². The van der Waals surface area contributed by atoms with E-state index in [0.29, 0.717) is 13.1 Å². The molecule has 24 heavy (non-hydrogen) atoms. The van der Waals surface area contributed by atoms with Gasteiger partial charge >= 0.3 is 0 Å². The molecule has 9 heteroatoms. The summed E-state index contributed by atoms with van der Waals surface area (Å²) in [7, 11) is 1.73. The number of guanidine groups is 1. The predicted octanol–water partition coefficient (Wildman–Crippen LogP) is 0.735. The predicted molar refractivity (Wildman–Crippen MR) is 89.4 cm³/mol. The zero-order valence-electron chi connectivity index (χ0n) is 14.4. The van der Waals surface area contributed by atoms with Crippen LogP contribution in [0.1, 0.15) is 25.6 Å². The van der Waals surface area contributed by atoms with Gasteiger partial charge in [-0.05, 0) is 12.8 Å². The molecule has 136 valence electrons. The number of piperidine rings is 1. The maximum atomic E-state index is 12.4. The van der Waals surface area contributed by atoms with E-state index in [2.05, 4.69) is 32.7 Å². The first-order valence-corrected chi connectivity index (χ1v) is 8.46. The highest BCUT2D eigenvalue weighted by molar-refractivity contribution is 5.79. The van der Waals surface area contributed by atoms with Gasteiger partial charge in [-0.1, -0.05) is 6.92 Å². The third kappa shape index (κ3) is 5.70. The van der Waals surface area contributed by atoms with Crippen LogP contribution in [0.4, 0.5) is 8.78 Å². The van der Waals surface area contributed by atoms with Gasteiger partial charge in [-0.3, -0.25) is 9.89 Å². The number of alkyl halides is 2. The molecule has 0 aliphatic carbocycles. The molecule has 1 fully saturated rings. The molecule has 0 saturated carbocycles. The number of hydrogen-bond donors (Lipinski definition) is 2. The van der Waals surface area contributed by atoms with Crippen molar-refractivity contribution in [3.05, 3.63) is 12.2 Å². The van der Waals surface area contributed by atoms with Gasteiger partial charge in [0.15, 0.2) is 5.96 Å². The zero-order valence-corrected chi connectivity index (χ0v) is 14.4. The van der Waals surface area contributed by atoms with E-state index in [1.54, 1.807) is 13.4 Å². The molecular weight excluding hydrogens is 316 g/mol. The summed E-state index contributed by atoms with van der Waals surface area (Å²) in [4.78, 5) is 6.05. The van der Waals surface area contributed by atoms with E-state index in [1.165, 1.54) is 0 Å². The van der Waals surface area contributed by atoms with E-state index in [4.69, 9.17) is 0 Å². The molecule has 1 saturated heterocycles. The van der Waals surface area contributed by atoms with Crippen molar-refractivity contribution in [1.82, 2.24) is 30.3 Å². The Kier molecular flexibility index (Phi) is 7.36. The minimum Gasteiger partial charge on any atom is -0.355 e. The van der Waals surface area contributed by atoms with Crippen molar-refractivity contribution in [1.29, 1.82) is 0 Å². The van der Waals surface area contributed by atoms with Crippen LogP contribution < -0.4 is 10.6 Å². The van der Waals surface area contributed by atoms with Gasteiger partial charge in [0.2, 0.25) is 0 Å². The quantitative estimate of drug-likeness (QED) is 0.564. The molecule has 0 unspecified atom stereocenters. The summed E-state index contributed by atoms with van der Waals surface area (Å²) in [5, 5.41) is 14.6. The van der Waals surface area contributed by atoms with Crippen LogP contribution in [-0.2, 0) is 13.0 Å². The molecule has 0 atom stereocenters. The van der Waals surface area contributed by atoms with E-state index >= 15 is 0 Å². The summed E-state index contributed by atoms with van der Waals surface area (Å²) in [5.41, 5.74) is 0. The molecule has 1 aliphatic heterocycles. The molecule has 1 aromatic rings. The first-order valence-electron chi connectivity index (χ1n) is 8.46. The van der Waals surface area contributed by atoms with Crippen LogP contribution in [-0.4, -0.2) is 71.3 Å². The van der Waals surface area contributed by atoms with Crippen LogP contribution in [0.25, 0.3) is 0 Å². The highest BCUT2D eigenvalue weighted by Gasteiger charge is 2.21. The van der Waals surface area contributed by atoms with E-state index < -0.39 is 6.43 Å². The zero-order chi connectivity index (χ0) is 17.4. The van der Waals surface area contributed by atoms with E-state index in [1.807, 2.05) is 9.47 Å². The standard InChI is InChI=1S/C15H27F2N7/c1-3-14-22-20-11-24(14)9-6-19-15(18-2)21-12-4-7-23(8-5-12)10-13(16)17/h11-13H,3-10H2,1-2H3,(H2,18,19,21). The van der Waals surface area contributed by atoms with Crippen LogP contribution >= 0.6 is 0 Å². The van der Waals surface area contributed by atoms with E-state index in [9.17, 15) is 8.78 Å². The Hall–Kier alpha value is -1.77. The Labute approximate surface area is 141 Å². The van der Waals surface area contributed by atoms with Gasteiger partial charge < -0.3 is 15.2 Å². The van der Waals surface area contributed by atoms with Crippen molar-refractivity contribution in [2.24, 2.45) is 4.99 Å². The molecule has 0 radical (unpaired) electrons. The second kappa shape index (κ2) is 9.51. The van der Waals surface area contributed by atoms with Crippen LogP contribution in [0.3, 0.4) is 0 Å². The van der Waals surface area contributed by atoms with Gasteiger partial charge in [-0.25, -0.2) is 8.78 Å². The first-order chi connectivity index (χ1) is 11.6. The number of nitrogens with zero attached hydrogens (tertiary/aromatic N) is 5. The lowest BCUT2D eigenvalue weighted by Gasteiger charge is -2.32. The fourth-order valence-electron chi connectivity index (χ4n) is 2.88. The fraction of sp³-hybridized carbons (Fsp3) is 0.800. The van der Waals surface area contributed by atoms with Crippen LogP contribution in [0.2, 0.25) is 0 Å². The Morgan fingerprint density at radius 1 is 1.42 bits per heavy atom. The summed E-state index contributed by atoms with van der Waals surface area (Å²) in [6.45, 7) is 4.80. The number of nitrogens with one attached hydrogen (secondary N) is 2. The number of aromatic nitrogens is 3. The Balaban J connectivity index is 1.69. The third-order valence-corrected chi connectivity index (χ3v) is 4.21. The molecule has 7 nitrogen and oxygen atoms in total. The number of aliphatic imine (C=N–C) groups is 1. The number of likely N-dealkylation sites (tertiary alicyclic amines) is 1. The van der Waals surface area contributed by atoms with E-state index in [-0.39, 0.29) is 12.6 Å². The molecule has 1 aliphatic rings. The minimum absolute atomic E-state index is 0.127. The highest BCUT2D eigenvalue weighted by atomic mass is 19.3. The lowest BCUT2D eigenvalue weighted by molar-refractivity contribution is 0.0744. The van der Waals surface area contributed by atoms with Crippen LogP contribution in [0.5, 0.6) is 0 Å². The van der Waals surface area contributed by atoms with Crippen LogP contribution in [0.15, 0.2) is 11.3 Å². The summed E-state index contributed by atoms with van der Waals surface area (Å²) >= 11 is 0. The molecule has 0 aromatic carbocycles. The lowest BCUT2D eigenvalue weighted by atomic mass is 10.1. The largest absolute Gasteiger partial charge is 0.355 e. The van der Waals surface area contributed by atoms with Gasteiger partial charge in [-0.15, -0.1) is 10.2 Å². The van der Waals surface area contributed by atoms with Crippen molar-refractivity contribution in [2.45, 2.75) is 45.2 Å². The summed E-state index contributed by atoms with van der Waals surface area (Å²) < 4.78 is 26.8. The highest BCUT2D eigenvalue weighted by Crippen LogP contribution is 2.11. The number of rotatable bonds is 7. The van der Waals surface area contributed by atoms with Crippen LogP contribution in [0, 0.1) is 0 Å². The number of hydrogen-bond acceptors (Lipinski definition) is 4. The topological polar surface area (TPSA) is 70.4 Å². The van der Waals surface area contributed by atoms with Gasteiger partial charge in [0.25, 0.3) is 6.43 Å². The third-order valence-electron chi connectivity index (χ3n) is 4.21. The van der Waals surface area contributed by atoms with Gasteiger partial charge in [-0.2, -0.15) is 0 Å². The second-order valence-corrected chi connectivity index (χ2v) is 5.90. The minimum atomic E-state index is -2.25. The van der Waals surface area contributed by atoms with Crippen molar-refractivity contribution in [3.63, 3.8) is 0 Å². The molecule has 1 aromatic heterocycles. The molecule has 0 bridgehead atoms. The summed E-state index contributed by atoms with van der Waals surface area (Å²) in [5.74, 6) is 1.71. The molecule has 2 N–H and O–H groups in total. The van der Waals surface area contributed by atoms with Gasteiger partial charge in [0, 0.05) is 45.7 Å². The van der Waals surface area contributed by atoms with Gasteiger partial charge in [0.1, 0.15) is 12.2 Å². The maximum Gasteiger partial charge on any atom is 0.251 e. The van der Waals surface area contributed by atoms with Crippen molar-refractivity contribution in [2.75, 3.05) is 33.2 Å². The normalized spacial score (nSPS) is 17.5. The Morgan fingerprint density at radius 2 is 2.17 bits per heavy atom. The Morgan fingerprint density at radius 3 is 2.79 bits per heavy atom. The maximum absolute atomic E-state index is 12.4. The fourth-order valence-corrected chi connectivity index (χ4v) is 2.88. The average molecular weight is 343 g/mol. The number of aryl methyl sites for hydroxylation is 1. The average Bonchev–Trinajstić information content (AvgIpc) is 3.02. The van der Waals surface area contributed by atoms with Crippen molar-refractivity contribution in [3.8, 4) is 0 Å². The summed E-state index contributed by atoms with van der Waals surface area (Å²) in [6.07, 6.45) is 2.02. The molecular formula is C15H27F2N7. The smallest absolute Gasteiger partial charge is 0.251 e. The monoisotopic (exact) mass is 343 g/mol. The van der Waals surface area contributed by atoms with Gasteiger partial charge in [0.05, 0.1) is 6.54 Å². The lowest BCUT2D eigenvalue weighted by Crippen LogP contribution is -2.49. The SMILES string of the molecule is CCc1nncn1CCNC(=NC)NC1CCN(CC(F)F)CC1. The van der Waals surface area contributed by atoms with Crippen molar-refractivity contribution >= 4 is 5.96 Å².